The number of amides is 1. The zero-order chi connectivity index (χ0) is 15.2. The number of halogens is 1. The molecule has 1 heterocycles. The van der Waals surface area contributed by atoms with Crippen LogP contribution < -0.4 is 11.1 Å². The van der Waals surface area contributed by atoms with Crippen molar-refractivity contribution >= 4 is 11.6 Å². The highest BCUT2D eigenvalue weighted by Gasteiger charge is 2.18. The molecule has 0 aliphatic carbocycles. The van der Waals surface area contributed by atoms with Crippen LogP contribution in [-0.2, 0) is 0 Å². The van der Waals surface area contributed by atoms with Crippen LogP contribution in [0.25, 0.3) is 0 Å². The van der Waals surface area contributed by atoms with Crippen molar-refractivity contribution in [2.75, 3.05) is 25.0 Å². The smallest absolute Gasteiger partial charge is 0.248 e. The molecule has 1 aliphatic heterocycles. The van der Waals surface area contributed by atoms with Gasteiger partial charge in [-0.2, -0.15) is 0 Å². The minimum Gasteiger partial charge on any atom is -0.380 e. The lowest BCUT2D eigenvalue weighted by atomic mass is 10.1. The van der Waals surface area contributed by atoms with Crippen molar-refractivity contribution in [3.63, 3.8) is 0 Å². The summed E-state index contributed by atoms with van der Waals surface area (Å²) in [6.07, 6.45) is 4.27. The predicted molar refractivity (Wildman–Crippen MR) is 82.9 cm³/mol. The second-order valence-corrected chi connectivity index (χ2v) is 5.67. The molecule has 1 atom stereocenters. The second-order valence-electron chi connectivity index (χ2n) is 5.67. The molecule has 1 amide bonds. The van der Waals surface area contributed by atoms with Crippen LogP contribution in [0.3, 0.4) is 0 Å². The molecule has 3 N–H and O–H groups in total. The van der Waals surface area contributed by atoms with E-state index in [1.807, 2.05) is 0 Å². The van der Waals surface area contributed by atoms with Gasteiger partial charge in [0.2, 0.25) is 5.91 Å². The molecule has 0 bridgehead atoms. The molecule has 1 saturated heterocycles. The molecule has 116 valence electrons. The Bertz CT molecular complexity index is 492. The van der Waals surface area contributed by atoms with Gasteiger partial charge < -0.3 is 16.0 Å². The van der Waals surface area contributed by atoms with Gasteiger partial charge >= 0.3 is 0 Å². The Hall–Kier alpha value is -1.62. The first kappa shape index (κ1) is 15.8. The summed E-state index contributed by atoms with van der Waals surface area (Å²) < 4.78 is 13.9. The van der Waals surface area contributed by atoms with Gasteiger partial charge in [0.15, 0.2) is 0 Å². The summed E-state index contributed by atoms with van der Waals surface area (Å²) in [7, 11) is 0. The molecule has 5 heteroatoms. The normalized spacial score (nSPS) is 20.0. The topological polar surface area (TPSA) is 58.4 Å². The number of benzene rings is 1. The van der Waals surface area contributed by atoms with Crippen LogP contribution in [0.5, 0.6) is 0 Å². The van der Waals surface area contributed by atoms with Crippen LogP contribution in [0.1, 0.15) is 43.0 Å². The van der Waals surface area contributed by atoms with E-state index in [0.717, 1.165) is 45.3 Å². The van der Waals surface area contributed by atoms with Crippen LogP contribution >= 0.6 is 0 Å². The summed E-state index contributed by atoms with van der Waals surface area (Å²) in [4.78, 5) is 13.6. The first-order chi connectivity index (χ1) is 10.1. The Kier molecular flexibility index (Phi) is 5.56. The number of nitrogens with one attached hydrogen (secondary N) is 1. The van der Waals surface area contributed by atoms with E-state index >= 15 is 0 Å². The van der Waals surface area contributed by atoms with E-state index in [2.05, 4.69) is 17.1 Å². The third-order valence-electron chi connectivity index (χ3n) is 3.97. The van der Waals surface area contributed by atoms with E-state index < -0.39 is 5.91 Å². The van der Waals surface area contributed by atoms with Crippen molar-refractivity contribution in [2.45, 2.75) is 38.6 Å². The van der Waals surface area contributed by atoms with Gasteiger partial charge in [-0.25, -0.2) is 4.39 Å². The molecular weight excluding hydrogens is 269 g/mol. The van der Waals surface area contributed by atoms with Crippen LogP contribution in [0, 0.1) is 5.82 Å². The summed E-state index contributed by atoms with van der Waals surface area (Å²) in [5.41, 5.74) is 5.96. The molecule has 1 aromatic carbocycles. The van der Waals surface area contributed by atoms with Gasteiger partial charge in [0.1, 0.15) is 5.82 Å². The van der Waals surface area contributed by atoms with Gasteiger partial charge in [-0.1, -0.05) is 6.92 Å². The fourth-order valence-corrected chi connectivity index (χ4v) is 2.85. The van der Waals surface area contributed by atoms with Crippen LogP contribution in [0.2, 0.25) is 0 Å². The number of hydrogen-bond donors (Lipinski definition) is 2. The van der Waals surface area contributed by atoms with E-state index in [1.165, 1.54) is 18.2 Å². The molecule has 21 heavy (non-hydrogen) atoms. The highest BCUT2D eigenvalue weighted by Crippen LogP contribution is 2.21. The lowest BCUT2D eigenvalue weighted by molar-refractivity contribution is 0.100. The van der Waals surface area contributed by atoms with Crippen molar-refractivity contribution in [3.8, 4) is 0 Å². The van der Waals surface area contributed by atoms with Crippen molar-refractivity contribution in [1.29, 1.82) is 0 Å². The number of carbonyl (C=O) groups excluding carboxylic acids is 1. The zero-order valence-electron chi connectivity index (χ0n) is 12.6. The van der Waals surface area contributed by atoms with Gasteiger partial charge in [-0.05, 0) is 57.0 Å². The SMILES string of the molecule is CCCN1CCCC(Nc2cc(C(N)=O)ccc2F)CC1. The van der Waals surface area contributed by atoms with Gasteiger partial charge in [-0.15, -0.1) is 0 Å². The second kappa shape index (κ2) is 7.41. The minimum atomic E-state index is -0.534. The van der Waals surface area contributed by atoms with Gasteiger partial charge in [-0.3, -0.25) is 4.79 Å². The van der Waals surface area contributed by atoms with Crippen LogP contribution in [0.4, 0.5) is 10.1 Å². The molecule has 1 aliphatic rings. The Balaban J connectivity index is 2.01. The molecule has 4 nitrogen and oxygen atoms in total. The minimum absolute atomic E-state index is 0.240. The molecule has 0 spiro atoms. The number of likely N-dealkylation sites (tertiary alicyclic amines) is 1. The predicted octanol–water partition coefficient (Wildman–Crippen LogP) is 2.60. The monoisotopic (exact) mass is 293 g/mol. The summed E-state index contributed by atoms with van der Waals surface area (Å²) >= 11 is 0. The first-order valence-electron chi connectivity index (χ1n) is 7.68. The van der Waals surface area contributed by atoms with E-state index in [4.69, 9.17) is 5.73 Å². The summed E-state index contributed by atoms with van der Waals surface area (Å²) in [5.74, 6) is -0.873. The third-order valence-corrected chi connectivity index (χ3v) is 3.97. The quantitative estimate of drug-likeness (QED) is 0.877. The molecule has 0 radical (unpaired) electrons. The highest BCUT2D eigenvalue weighted by molar-refractivity contribution is 5.93. The zero-order valence-corrected chi connectivity index (χ0v) is 12.6. The molecule has 1 aromatic rings. The average molecular weight is 293 g/mol. The molecule has 2 rings (SSSR count). The fourth-order valence-electron chi connectivity index (χ4n) is 2.85. The molecule has 0 aromatic heterocycles. The van der Waals surface area contributed by atoms with Gasteiger partial charge in [0.25, 0.3) is 0 Å². The van der Waals surface area contributed by atoms with Crippen molar-refractivity contribution < 1.29 is 9.18 Å². The van der Waals surface area contributed by atoms with Crippen molar-refractivity contribution in [3.05, 3.63) is 29.6 Å². The lowest BCUT2D eigenvalue weighted by Crippen LogP contribution is -2.27. The summed E-state index contributed by atoms with van der Waals surface area (Å²) in [5, 5.41) is 3.24. The average Bonchev–Trinajstić information content (AvgIpc) is 2.67. The van der Waals surface area contributed by atoms with E-state index in [-0.39, 0.29) is 11.9 Å². The number of rotatable bonds is 5. The van der Waals surface area contributed by atoms with Crippen LogP contribution in [-0.4, -0.2) is 36.5 Å². The largest absolute Gasteiger partial charge is 0.380 e. The van der Waals surface area contributed by atoms with Crippen LogP contribution in [0.15, 0.2) is 18.2 Å². The van der Waals surface area contributed by atoms with E-state index in [1.54, 1.807) is 0 Å². The number of primary amides is 1. The van der Waals surface area contributed by atoms with Crippen molar-refractivity contribution in [1.82, 2.24) is 4.90 Å². The number of carbonyl (C=O) groups is 1. The Morgan fingerprint density at radius 2 is 2.24 bits per heavy atom. The maximum Gasteiger partial charge on any atom is 0.248 e. The van der Waals surface area contributed by atoms with Crippen molar-refractivity contribution in [2.24, 2.45) is 5.73 Å². The molecule has 0 saturated carbocycles. The number of nitrogens with two attached hydrogens (primary N) is 1. The Morgan fingerprint density at radius 1 is 1.43 bits per heavy atom. The molecule has 1 fully saturated rings. The lowest BCUT2D eigenvalue weighted by Gasteiger charge is -2.20. The van der Waals surface area contributed by atoms with E-state index in [0.29, 0.717) is 11.3 Å². The number of anilines is 1. The maximum atomic E-state index is 13.9. The van der Waals surface area contributed by atoms with Gasteiger partial charge in [0.05, 0.1) is 5.69 Å². The Morgan fingerprint density at radius 3 is 2.95 bits per heavy atom. The van der Waals surface area contributed by atoms with Gasteiger partial charge in [0, 0.05) is 18.2 Å². The summed E-state index contributed by atoms with van der Waals surface area (Å²) in [6.45, 7) is 5.45. The highest BCUT2D eigenvalue weighted by atomic mass is 19.1. The number of nitrogens with zero attached hydrogens (tertiary/aromatic N) is 1. The molecular formula is C16H24FN3O. The molecule has 1 unspecified atom stereocenters. The Labute approximate surface area is 125 Å². The standard InChI is InChI=1S/C16H24FN3O/c1-2-8-20-9-3-4-13(7-10-20)19-15-11-12(16(18)21)5-6-14(15)17/h5-6,11,13,19H,2-4,7-10H2,1H3,(H2,18,21). The maximum absolute atomic E-state index is 13.9. The fraction of sp³-hybridized carbons (Fsp3) is 0.562. The summed E-state index contributed by atoms with van der Waals surface area (Å²) in [6, 6.07) is 4.46. The first-order valence-corrected chi connectivity index (χ1v) is 7.68. The van der Waals surface area contributed by atoms with E-state index in [9.17, 15) is 9.18 Å². The number of hydrogen-bond acceptors (Lipinski definition) is 3. The third kappa shape index (κ3) is 4.43.